The Morgan fingerprint density at radius 3 is 0.936 bits per heavy atom. The summed E-state index contributed by atoms with van der Waals surface area (Å²) in [5, 5.41) is 49.7. The number of hydrogen-bond donors (Lipinski definition) is 9. The minimum atomic E-state index is -1.18. The van der Waals surface area contributed by atoms with Crippen LogP contribution in [0.5, 0.6) is 0 Å². The molecule has 21 nitrogen and oxygen atoms in total. The molecule has 0 saturated heterocycles. The number of Topliss-reactive ketones (excluding diaryl/α,β-unsaturated/α-hetero) is 1. The Labute approximate surface area is 637 Å². The van der Waals surface area contributed by atoms with Gasteiger partial charge in [0.25, 0.3) is 0 Å². The Morgan fingerprint density at radius 2 is 0.636 bits per heavy atom. The maximum Gasteiger partial charge on any atom is 0.335 e. The first-order valence-corrected chi connectivity index (χ1v) is 36.7. The Hall–Kier alpha value is -13.6. The zero-order valence-electron chi connectivity index (χ0n) is 59.4. The molecule has 8 aromatic carbocycles. The van der Waals surface area contributed by atoms with E-state index in [0.29, 0.717) is 134 Å². The van der Waals surface area contributed by atoms with E-state index in [0.717, 1.165) is 23.5 Å². The van der Waals surface area contributed by atoms with Gasteiger partial charge in [-0.15, -0.1) is 0 Å². The fourth-order valence-corrected chi connectivity index (χ4v) is 14.0. The number of rotatable bonds is 23. The van der Waals surface area contributed by atoms with Gasteiger partial charge in [-0.25, -0.2) is 29.1 Å². The van der Waals surface area contributed by atoms with Crippen LogP contribution in [0.2, 0.25) is 0 Å². The van der Waals surface area contributed by atoms with E-state index < -0.39 is 35.7 Å². The number of carboxylic acids is 4. The molecule has 5 heterocycles. The first-order chi connectivity index (χ1) is 53.0. The number of aromatic nitrogens is 4. The second-order valence-electron chi connectivity index (χ2n) is 25.8. The number of anilines is 3. The lowest BCUT2D eigenvalue weighted by atomic mass is 9.90. The largest absolute Gasteiger partial charge is 0.478 e. The molecule has 2 aliphatic heterocycles. The van der Waals surface area contributed by atoms with Crippen LogP contribution in [-0.2, 0) is 35.2 Å². The molecular weight excluding hydrogens is 1430 g/mol. The molecule has 8 bridgehead atoms. The number of H-pyrrole nitrogens is 2. The van der Waals surface area contributed by atoms with Crippen molar-refractivity contribution < 1.29 is 68.4 Å². The predicted octanol–water partition coefficient (Wildman–Crippen LogP) is 18.1. The van der Waals surface area contributed by atoms with Crippen molar-refractivity contribution in [1.29, 1.82) is 0 Å². The number of hydrogen-bond acceptors (Lipinski definition) is 14. The van der Waals surface area contributed by atoms with Crippen LogP contribution in [0.1, 0.15) is 110 Å². The first kappa shape index (κ1) is 74.6. The number of aromatic carboxylic acids is 4. The van der Waals surface area contributed by atoms with Gasteiger partial charge >= 0.3 is 23.9 Å². The monoisotopic (exact) mass is 1500 g/mol. The average Bonchev–Trinajstić information content (AvgIpc) is 1.59. The summed E-state index contributed by atoms with van der Waals surface area (Å²) in [5.41, 5.74) is 11.4. The van der Waals surface area contributed by atoms with E-state index >= 15 is 0 Å². The van der Waals surface area contributed by atoms with Gasteiger partial charge in [-0.1, -0.05) is 116 Å². The third kappa shape index (κ3) is 16.3. The Kier molecular flexibility index (Phi) is 21.9. The summed E-state index contributed by atoms with van der Waals surface area (Å²) in [6.45, 7) is 6.16. The summed E-state index contributed by atoms with van der Waals surface area (Å²) in [7, 11) is 0. The van der Waals surface area contributed by atoms with Crippen LogP contribution in [0, 0.1) is 0 Å². The molecule has 9 N–H and O–H groups in total. The molecule has 3 aromatic heterocycles. The normalized spacial score (nSPS) is 11.4. The highest BCUT2D eigenvalue weighted by Gasteiger charge is 2.27. The van der Waals surface area contributed by atoms with Crippen molar-refractivity contribution in [2.24, 2.45) is 0 Å². The number of nitrogens with one attached hydrogen (secondary N) is 5. The number of carbonyl (C=O) groups is 10. The van der Waals surface area contributed by atoms with E-state index in [9.17, 15) is 68.4 Å². The lowest BCUT2D eigenvalue weighted by Crippen LogP contribution is -2.15. The van der Waals surface area contributed by atoms with Crippen LogP contribution in [0.25, 0.3) is 135 Å². The lowest BCUT2D eigenvalue weighted by molar-refractivity contribution is -0.118. The van der Waals surface area contributed by atoms with Crippen LogP contribution < -0.4 is 16.0 Å². The molecule has 11 aromatic rings. The van der Waals surface area contributed by atoms with E-state index in [1.807, 2.05) is 30.3 Å². The van der Waals surface area contributed by atoms with Crippen LogP contribution >= 0.6 is 23.5 Å². The molecule has 0 saturated carbocycles. The van der Waals surface area contributed by atoms with Crippen molar-refractivity contribution in [3.05, 3.63) is 245 Å². The second kappa shape index (κ2) is 32.2. The third-order valence-electron chi connectivity index (χ3n) is 18.5. The summed E-state index contributed by atoms with van der Waals surface area (Å²) in [5.74, 6) is -6.73. The standard InChI is InChI=1S/C87H67N7O14S2/c1-5-61(97)39-56-20-19-52(48-11-7-15-57(35-48)84(101)102)40-62(56)80-69-27-29-71(88-69)81(63-41-53(21-24-66(63)92-77(98)6-2)49-12-8-16-58(36-49)85(103)104)73-31-32-75(90-73)83(65-43-55(51-14-10-18-60(38-51)87(107)108)23-26-68(65)94-79(100)45-110-47(4)96)76-34-33-74(91-76)82(72-30-28-70(80)89-72)64-42-54(50-13-9-17-59(37-50)86(105)106)22-25-67(64)93-78(99)44-109-46(3)95/h7-38,40-43,89-90H,5-6,39,44-45H2,1-4H3,(H,92,98)(H,93,99)(H,94,100)(H,101,102)(H,103,104)(H,105,106)(H,107,108). The summed E-state index contributed by atoms with van der Waals surface area (Å²) in [6.07, 6.45) is 7.31. The number of nitrogens with zero attached hydrogens (tertiary/aromatic N) is 2. The third-order valence-corrected chi connectivity index (χ3v) is 20.1. The van der Waals surface area contributed by atoms with Crippen molar-refractivity contribution in [2.45, 2.75) is 47.0 Å². The van der Waals surface area contributed by atoms with Crippen molar-refractivity contribution >= 4 is 145 Å². The molecule has 13 rings (SSSR count). The van der Waals surface area contributed by atoms with Crippen LogP contribution in [0.3, 0.4) is 0 Å². The van der Waals surface area contributed by atoms with E-state index in [-0.39, 0.29) is 97.7 Å². The van der Waals surface area contributed by atoms with Gasteiger partial charge < -0.3 is 46.3 Å². The zero-order valence-corrected chi connectivity index (χ0v) is 61.0. The minimum Gasteiger partial charge on any atom is -0.478 e. The summed E-state index contributed by atoms with van der Waals surface area (Å²) in [4.78, 5) is 150. The lowest BCUT2D eigenvalue weighted by Gasteiger charge is -2.16. The molecule has 2 aliphatic rings. The molecule has 0 atom stereocenters. The number of amides is 3. The molecule has 3 amide bonds. The Bertz CT molecular complexity index is 5630. The van der Waals surface area contributed by atoms with Gasteiger partial charge in [0.1, 0.15) is 5.78 Å². The first-order valence-electron chi connectivity index (χ1n) is 34.7. The fraction of sp³-hybridized carbons (Fsp3) is 0.103. The van der Waals surface area contributed by atoms with Crippen molar-refractivity contribution in [1.82, 2.24) is 19.9 Å². The zero-order chi connectivity index (χ0) is 77.6. The van der Waals surface area contributed by atoms with Crippen LogP contribution in [0.15, 0.2) is 194 Å². The molecular formula is C87H67N7O14S2. The number of benzene rings is 8. The number of thioether (sulfide) groups is 2. The quantitative estimate of drug-likeness (QED) is 0.0287. The predicted molar refractivity (Wildman–Crippen MR) is 432 cm³/mol. The highest BCUT2D eigenvalue weighted by molar-refractivity contribution is 8.14. The molecule has 0 fully saturated rings. The van der Waals surface area contributed by atoms with E-state index in [2.05, 4.69) is 25.9 Å². The van der Waals surface area contributed by atoms with Crippen molar-refractivity contribution in [2.75, 3.05) is 27.5 Å². The highest BCUT2D eigenvalue weighted by atomic mass is 32.2. The minimum absolute atomic E-state index is 0.00464. The Morgan fingerprint density at radius 1 is 0.345 bits per heavy atom. The number of fused-ring (bicyclic) bond motifs is 8. The van der Waals surface area contributed by atoms with Gasteiger partial charge in [-0.3, -0.25) is 28.8 Å². The van der Waals surface area contributed by atoms with E-state index in [1.165, 1.54) is 56.3 Å². The summed E-state index contributed by atoms with van der Waals surface area (Å²) < 4.78 is 0. The molecule has 110 heavy (non-hydrogen) atoms. The van der Waals surface area contributed by atoms with Crippen LogP contribution in [-0.4, -0.2) is 109 Å². The highest BCUT2D eigenvalue weighted by Crippen LogP contribution is 2.46. The van der Waals surface area contributed by atoms with Gasteiger partial charge in [-0.2, -0.15) is 0 Å². The number of carbonyl (C=O) groups excluding carboxylic acids is 6. The molecule has 546 valence electrons. The summed E-state index contributed by atoms with van der Waals surface area (Å²) >= 11 is 1.61. The molecule has 0 aliphatic carbocycles. The van der Waals surface area contributed by atoms with Crippen LogP contribution in [0.4, 0.5) is 17.1 Å². The molecule has 23 heteroatoms. The number of ketones is 1. The average molecular weight is 1500 g/mol. The van der Waals surface area contributed by atoms with E-state index in [4.69, 9.17) is 9.97 Å². The van der Waals surface area contributed by atoms with Crippen molar-refractivity contribution in [3.8, 4) is 89.0 Å². The fourth-order valence-electron chi connectivity index (χ4n) is 13.2. The SMILES string of the molecule is CCC(=O)Cc1ccc(-c2cccc(C(=O)O)c2)cc1-c1c2nc(c(-c3cc(-c4cccc(C(=O)O)c4)ccc3NC(=O)CC)c3ccc([nH]3)c(-c3cc(-c4cccc(C(=O)O)c4)ccc3NC(=O)CSC(C)=O)c3nc(c(-c4cc(-c5cccc(C(=O)O)c5)ccc4NC(=O)CSC(C)=O)c4ccc1[nH]4)C=C3)C=C2. The topological polar surface area (TPSA) is 345 Å². The number of aromatic amines is 2. The molecule has 0 unspecified atom stereocenters. The van der Waals surface area contributed by atoms with Gasteiger partial charge in [0.05, 0.1) is 56.5 Å². The van der Waals surface area contributed by atoms with Gasteiger partial charge in [0, 0.05) is 111 Å². The Balaban J connectivity index is 1.24. The smallest absolute Gasteiger partial charge is 0.335 e. The van der Waals surface area contributed by atoms with Gasteiger partial charge in [0.2, 0.25) is 17.7 Å². The second-order valence-corrected chi connectivity index (χ2v) is 28.1. The maximum atomic E-state index is 14.3. The van der Waals surface area contributed by atoms with E-state index in [1.54, 1.807) is 159 Å². The number of carboxylic acid groups (broad SMARTS) is 4. The summed E-state index contributed by atoms with van der Waals surface area (Å²) in [6, 6.07) is 53.9. The molecule has 0 spiro atoms. The van der Waals surface area contributed by atoms with Crippen molar-refractivity contribution in [3.63, 3.8) is 0 Å². The van der Waals surface area contributed by atoms with Gasteiger partial charge in [-0.05, 0) is 195 Å². The molecule has 0 radical (unpaired) electrons. The van der Waals surface area contributed by atoms with Gasteiger partial charge in [0.15, 0.2) is 10.2 Å². The maximum absolute atomic E-state index is 14.3.